The lowest BCUT2D eigenvalue weighted by Gasteiger charge is -2.08. The monoisotopic (exact) mass is 405 g/mol. The number of carbonyl (C=O) groups excluding carboxylic acids is 1. The van der Waals surface area contributed by atoms with Crippen molar-refractivity contribution in [3.05, 3.63) is 107 Å². The molecule has 0 atom stereocenters. The van der Waals surface area contributed by atoms with Crippen LogP contribution in [0.4, 0.5) is 22.0 Å². The third kappa shape index (κ3) is 5.04. The number of oxime groups is 1. The van der Waals surface area contributed by atoms with Crippen molar-refractivity contribution in [3.8, 4) is 0 Å². The van der Waals surface area contributed by atoms with Crippen LogP contribution in [0.5, 0.6) is 0 Å². The molecule has 0 fully saturated rings. The van der Waals surface area contributed by atoms with E-state index >= 15 is 0 Å². The first-order valence-corrected chi connectivity index (χ1v) is 8.22. The van der Waals surface area contributed by atoms with E-state index in [1.165, 1.54) is 48.5 Å². The van der Waals surface area contributed by atoms with Crippen LogP contribution in [0.3, 0.4) is 0 Å². The standard InChI is InChI=1S/C21H12F5NO2/c22-17-9-3-13(4-10-17)19(14-5-11-18(23)12-6-14)27-29-20(28)15-1-7-16(8-2-15)21(24,25)26/h1-12H. The van der Waals surface area contributed by atoms with E-state index in [-0.39, 0.29) is 11.3 Å². The topological polar surface area (TPSA) is 38.7 Å². The normalized spacial score (nSPS) is 11.1. The van der Waals surface area contributed by atoms with Crippen molar-refractivity contribution >= 4 is 11.7 Å². The second kappa shape index (κ2) is 8.22. The highest BCUT2D eigenvalue weighted by Crippen LogP contribution is 2.29. The minimum absolute atomic E-state index is 0.116. The highest BCUT2D eigenvalue weighted by molar-refractivity contribution is 6.12. The van der Waals surface area contributed by atoms with E-state index in [0.717, 1.165) is 24.3 Å². The molecule has 0 unspecified atom stereocenters. The Morgan fingerprint density at radius 3 is 1.52 bits per heavy atom. The fourth-order valence-corrected chi connectivity index (χ4v) is 2.42. The Morgan fingerprint density at radius 1 is 0.690 bits per heavy atom. The lowest BCUT2D eigenvalue weighted by Crippen LogP contribution is -2.09. The molecule has 0 N–H and O–H groups in total. The van der Waals surface area contributed by atoms with Crippen molar-refractivity contribution in [3.63, 3.8) is 0 Å². The van der Waals surface area contributed by atoms with Crippen LogP contribution in [0.15, 0.2) is 78.0 Å². The second-order valence-electron chi connectivity index (χ2n) is 5.91. The number of nitrogens with zero attached hydrogens (tertiary/aromatic N) is 1. The molecule has 0 amide bonds. The number of rotatable bonds is 4. The van der Waals surface area contributed by atoms with E-state index in [2.05, 4.69) is 5.16 Å². The number of halogens is 5. The van der Waals surface area contributed by atoms with Crippen molar-refractivity contribution in [1.82, 2.24) is 0 Å². The number of hydrogen-bond acceptors (Lipinski definition) is 3. The Kier molecular flexibility index (Phi) is 5.72. The Hall–Kier alpha value is -3.55. The molecule has 29 heavy (non-hydrogen) atoms. The summed E-state index contributed by atoms with van der Waals surface area (Å²) in [5, 5.41) is 3.77. The zero-order valence-corrected chi connectivity index (χ0v) is 14.6. The molecule has 0 aliphatic rings. The SMILES string of the molecule is O=C(ON=C(c1ccc(F)cc1)c1ccc(F)cc1)c1ccc(C(F)(F)F)cc1. The van der Waals surface area contributed by atoms with Gasteiger partial charge in [-0.2, -0.15) is 13.2 Å². The summed E-state index contributed by atoms with van der Waals surface area (Å²) in [6.45, 7) is 0. The van der Waals surface area contributed by atoms with E-state index in [0.29, 0.717) is 11.1 Å². The number of alkyl halides is 3. The molecule has 3 rings (SSSR count). The molecule has 0 saturated heterocycles. The third-order valence-electron chi connectivity index (χ3n) is 3.90. The van der Waals surface area contributed by atoms with Gasteiger partial charge in [-0.1, -0.05) is 5.16 Å². The molecule has 0 aromatic heterocycles. The molecule has 0 spiro atoms. The van der Waals surface area contributed by atoms with Gasteiger partial charge in [0.05, 0.1) is 11.1 Å². The zero-order chi connectivity index (χ0) is 21.0. The van der Waals surface area contributed by atoms with Crippen LogP contribution in [-0.2, 0) is 11.0 Å². The average molecular weight is 405 g/mol. The molecule has 3 nitrogen and oxygen atoms in total. The predicted octanol–water partition coefficient (Wildman–Crippen LogP) is 5.59. The summed E-state index contributed by atoms with van der Waals surface area (Å²) in [5.74, 6) is -1.97. The maximum Gasteiger partial charge on any atom is 0.416 e. The van der Waals surface area contributed by atoms with E-state index in [9.17, 15) is 26.7 Å². The molecule has 0 saturated carbocycles. The van der Waals surface area contributed by atoms with Crippen molar-refractivity contribution in [1.29, 1.82) is 0 Å². The van der Waals surface area contributed by atoms with Crippen LogP contribution in [0.1, 0.15) is 27.0 Å². The first-order chi connectivity index (χ1) is 13.7. The van der Waals surface area contributed by atoms with Crippen molar-refractivity contribution in [2.75, 3.05) is 0 Å². The molecular formula is C21H12F5NO2. The molecule has 0 heterocycles. The van der Waals surface area contributed by atoms with Gasteiger partial charge in [-0.15, -0.1) is 0 Å². The summed E-state index contributed by atoms with van der Waals surface area (Å²) in [7, 11) is 0. The lowest BCUT2D eigenvalue weighted by molar-refractivity contribution is -0.137. The van der Waals surface area contributed by atoms with Gasteiger partial charge in [0, 0.05) is 11.1 Å². The largest absolute Gasteiger partial charge is 0.416 e. The molecule has 0 radical (unpaired) electrons. The van der Waals surface area contributed by atoms with Crippen molar-refractivity contribution in [2.45, 2.75) is 6.18 Å². The predicted molar refractivity (Wildman–Crippen MR) is 95.3 cm³/mol. The summed E-state index contributed by atoms with van der Waals surface area (Å²) in [4.78, 5) is 17.0. The van der Waals surface area contributed by atoms with Gasteiger partial charge in [0.25, 0.3) is 0 Å². The maximum absolute atomic E-state index is 13.2. The van der Waals surface area contributed by atoms with E-state index in [1.54, 1.807) is 0 Å². The minimum Gasteiger partial charge on any atom is -0.312 e. The summed E-state index contributed by atoms with van der Waals surface area (Å²) in [6.07, 6.45) is -4.53. The van der Waals surface area contributed by atoms with Crippen LogP contribution >= 0.6 is 0 Å². The van der Waals surface area contributed by atoms with Gasteiger partial charge in [0.1, 0.15) is 17.3 Å². The summed E-state index contributed by atoms with van der Waals surface area (Å²) in [5.41, 5.74) is -0.156. The molecular weight excluding hydrogens is 393 g/mol. The second-order valence-corrected chi connectivity index (χ2v) is 5.91. The fraction of sp³-hybridized carbons (Fsp3) is 0.0476. The fourth-order valence-electron chi connectivity index (χ4n) is 2.42. The van der Waals surface area contributed by atoms with Crippen molar-refractivity contribution in [2.24, 2.45) is 5.16 Å². The molecule has 0 aliphatic heterocycles. The van der Waals surface area contributed by atoms with Crippen LogP contribution in [0.2, 0.25) is 0 Å². The molecule has 0 bridgehead atoms. The summed E-state index contributed by atoms with van der Waals surface area (Å²) in [6, 6.07) is 13.7. The lowest BCUT2D eigenvalue weighted by atomic mass is 10.0. The van der Waals surface area contributed by atoms with Gasteiger partial charge in [-0.3, -0.25) is 0 Å². The Balaban J connectivity index is 1.88. The van der Waals surface area contributed by atoms with Gasteiger partial charge < -0.3 is 4.84 Å². The van der Waals surface area contributed by atoms with Gasteiger partial charge in [-0.05, 0) is 72.8 Å². The van der Waals surface area contributed by atoms with Gasteiger partial charge >= 0.3 is 12.1 Å². The van der Waals surface area contributed by atoms with E-state index < -0.39 is 29.3 Å². The van der Waals surface area contributed by atoms with Crippen LogP contribution in [0.25, 0.3) is 0 Å². The van der Waals surface area contributed by atoms with Crippen LogP contribution in [-0.4, -0.2) is 11.7 Å². The molecule has 148 valence electrons. The number of benzene rings is 3. The zero-order valence-electron chi connectivity index (χ0n) is 14.6. The Morgan fingerprint density at radius 2 is 1.10 bits per heavy atom. The molecule has 3 aromatic carbocycles. The first-order valence-electron chi connectivity index (χ1n) is 8.22. The Bertz CT molecular complexity index is 977. The number of carbonyl (C=O) groups is 1. The smallest absolute Gasteiger partial charge is 0.312 e. The average Bonchev–Trinajstić information content (AvgIpc) is 2.70. The van der Waals surface area contributed by atoms with Gasteiger partial charge in [-0.25, -0.2) is 13.6 Å². The van der Waals surface area contributed by atoms with Gasteiger partial charge in [0.15, 0.2) is 0 Å². The molecule has 3 aromatic rings. The molecule has 0 aliphatic carbocycles. The first kappa shape index (κ1) is 20.2. The van der Waals surface area contributed by atoms with Crippen LogP contribution < -0.4 is 0 Å². The number of hydrogen-bond donors (Lipinski definition) is 0. The molecule has 8 heteroatoms. The van der Waals surface area contributed by atoms with E-state index in [1.807, 2.05) is 0 Å². The third-order valence-corrected chi connectivity index (χ3v) is 3.90. The van der Waals surface area contributed by atoms with Crippen molar-refractivity contribution < 1.29 is 31.6 Å². The Labute approximate surface area is 162 Å². The maximum atomic E-state index is 13.2. The summed E-state index contributed by atoms with van der Waals surface area (Å²) < 4.78 is 64.3. The van der Waals surface area contributed by atoms with Gasteiger partial charge in [0.2, 0.25) is 0 Å². The quantitative estimate of drug-likeness (QED) is 0.246. The highest BCUT2D eigenvalue weighted by atomic mass is 19.4. The summed E-state index contributed by atoms with van der Waals surface area (Å²) >= 11 is 0. The highest BCUT2D eigenvalue weighted by Gasteiger charge is 2.30. The minimum atomic E-state index is -4.53. The van der Waals surface area contributed by atoms with E-state index in [4.69, 9.17) is 4.84 Å². The van der Waals surface area contributed by atoms with Crippen LogP contribution in [0, 0.1) is 11.6 Å².